The molecule has 9 heteroatoms. The average molecular weight is 456 g/mol. The molecule has 8 nitrogen and oxygen atoms in total. The van der Waals surface area contributed by atoms with E-state index in [0.29, 0.717) is 41.1 Å². The molecular formula is C23H26ClN5O3. The molecule has 0 spiro atoms. The SMILES string of the molecule is Cc1c(Nc2ccc(C#N)cc2Cl)ncnc1OC1C2CCC1CN(C(=O)OC(C)C)C2. The number of fused-ring (bicyclic) bond motifs is 2. The number of carbonyl (C=O) groups is 1. The van der Waals surface area contributed by atoms with Crippen LogP contribution in [0.25, 0.3) is 0 Å². The van der Waals surface area contributed by atoms with Gasteiger partial charge in [-0.25, -0.2) is 14.8 Å². The third kappa shape index (κ3) is 4.58. The monoisotopic (exact) mass is 455 g/mol. The first-order valence-electron chi connectivity index (χ1n) is 10.8. The molecule has 1 N–H and O–H groups in total. The molecular weight excluding hydrogens is 430 g/mol. The van der Waals surface area contributed by atoms with Crippen molar-refractivity contribution >= 4 is 29.2 Å². The molecule has 1 aromatic carbocycles. The zero-order chi connectivity index (χ0) is 22.8. The van der Waals surface area contributed by atoms with Crippen LogP contribution in [0.5, 0.6) is 5.88 Å². The van der Waals surface area contributed by atoms with Crippen molar-refractivity contribution < 1.29 is 14.3 Å². The van der Waals surface area contributed by atoms with Crippen molar-refractivity contribution in [1.29, 1.82) is 5.26 Å². The topological polar surface area (TPSA) is 100 Å². The summed E-state index contributed by atoms with van der Waals surface area (Å²) in [7, 11) is 0. The molecule has 4 rings (SSSR count). The maximum atomic E-state index is 12.3. The van der Waals surface area contributed by atoms with Gasteiger partial charge in [0, 0.05) is 24.9 Å². The van der Waals surface area contributed by atoms with Crippen molar-refractivity contribution in [3.05, 3.63) is 40.7 Å². The highest BCUT2D eigenvalue weighted by Gasteiger charge is 2.45. The van der Waals surface area contributed by atoms with Crippen LogP contribution in [0.4, 0.5) is 16.3 Å². The van der Waals surface area contributed by atoms with Gasteiger partial charge in [0.25, 0.3) is 0 Å². The zero-order valence-corrected chi connectivity index (χ0v) is 19.1. The van der Waals surface area contributed by atoms with E-state index in [1.165, 1.54) is 6.33 Å². The van der Waals surface area contributed by atoms with Gasteiger partial charge in [-0.2, -0.15) is 5.26 Å². The lowest BCUT2D eigenvalue weighted by atomic mass is 9.95. The molecule has 1 aliphatic carbocycles. The van der Waals surface area contributed by atoms with Gasteiger partial charge in [0.05, 0.1) is 34.0 Å². The molecule has 1 amide bonds. The number of anilines is 2. The van der Waals surface area contributed by atoms with Gasteiger partial charge < -0.3 is 19.7 Å². The van der Waals surface area contributed by atoms with Gasteiger partial charge in [0.1, 0.15) is 18.2 Å². The Morgan fingerprint density at radius 3 is 2.62 bits per heavy atom. The first-order valence-corrected chi connectivity index (χ1v) is 11.1. The molecule has 2 bridgehead atoms. The first-order chi connectivity index (χ1) is 15.4. The molecule has 32 heavy (non-hydrogen) atoms. The number of likely N-dealkylation sites (tertiary alicyclic amines) is 1. The van der Waals surface area contributed by atoms with Crippen LogP contribution in [0.1, 0.15) is 37.8 Å². The second-order valence-electron chi connectivity index (χ2n) is 8.60. The molecule has 0 radical (unpaired) electrons. The summed E-state index contributed by atoms with van der Waals surface area (Å²) in [4.78, 5) is 22.8. The fraction of sp³-hybridized carbons (Fsp3) is 0.478. The molecule has 1 aromatic heterocycles. The van der Waals surface area contributed by atoms with E-state index in [1.54, 1.807) is 23.1 Å². The van der Waals surface area contributed by atoms with Crippen LogP contribution < -0.4 is 10.1 Å². The summed E-state index contributed by atoms with van der Waals surface area (Å²) in [5, 5.41) is 12.7. The van der Waals surface area contributed by atoms with E-state index in [9.17, 15) is 4.79 Å². The Labute approximate surface area is 192 Å². The standard InChI is InChI=1S/C23H26ClN5O3/c1-13(2)31-23(30)29-10-16-5-6-17(11-29)20(16)32-22-14(3)21(26-12-27-22)28-19-7-4-15(9-25)8-18(19)24/h4,7-8,12-13,16-17,20H,5-6,10-11H2,1-3H3,(H,26,27,28). The Bertz CT molecular complexity index is 1040. The first kappa shape index (κ1) is 22.2. The number of aromatic nitrogens is 2. The van der Waals surface area contributed by atoms with Gasteiger partial charge in [-0.15, -0.1) is 0 Å². The lowest BCUT2D eigenvalue weighted by molar-refractivity contribution is 0.0152. The minimum atomic E-state index is -0.251. The van der Waals surface area contributed by atoms with Gasteiger partial charge in [0.15, 0.2) is 0 Å². The maximum Gasteiger partial charge on any atom is 0.410 e. The fourth-order valence-electron chi connectivity index (χ4n) is 4.41. The summed E-state index contributed by atoms with van der Waals surface area (Å²) in [5.41, 5.74) is 1.91. The number of ether oxygens (including phenoxy) is 2. The Hall–Kier alpha value is -3.05. The summed E-state index contributed by atoms with van der Waals surface area (Å²) in [5.74, 6) is 1.60. The number of rotatable bonds is 5. The van der Waals surface area contributed by atoms with Gasteiger partial charge in [-0.1, -0.05) is 11.6 Å². The number of halogens is 1. The number of nitrogens with zero attached hydrogens (tertiary/aromatic N) is 4. The molecule has 1 aliphatic heterocycles. The van der Waals surface area contributed by atoms with Gasteiger partial charge >= 0.3 is 6.09 Å². The van der Waals surface area contributed by atoms with E-state index in [0.717, 1.165) is 18.4 Å². The number of benzene rings is 1. The van der Waals surface area contributed by atoms with Gasteiger partial charge in [-0.3, -0.25) is 0 Å². The number of nitriles is 1. The molecule has 1 saturated carbocycles. The number of nitrogens with one attached hydrogen (secondary N) is 1. The van der Waals surface area contributed by atoms with E-state index in [1.807, 2.05) is 20.8 Å². The number of amides is 1. The van der Waals surface area contributed by atoms with E-state index >= 15 is 0 Å². The number of piperidine rings is 1. The van der Waals surface area contributed by atoms with Crippen molar-refractivity contribution in [2.75, 3.05) is 18.4 Å². The zero-order valence-electron chi connectivity index (χ0n) is 18.3. The van der Waals surface area contributed by atoms with Crippen LogP contribution in [0.3, 0.4) is 0 Å². The second-order valence-corrected chi connectivity index (χ2v) is 9.01. The van der Waals surface area contributed by atoms with Crippen LogP contribution in [0, 0.1) is 30.1 Å². The van der Waals surface area contributed by atoms with Gasteiger partial charge in [-0.05, 0) is 51.8 Å². The minimum Gasteiger partial charge on any atom is -0.473 e. The predicted octanol–water partition coefficient (Wildman–Crippen LogP) is 4.69. The van der Waals surface area contributed by atoms with Crippen molar-refractivity contribution in [3.8, 4) is 11.9 Å². The summed E-state index contributed by atoms with van der Waals surface area (Å²) >= 11 is 6.29. The number of hydrogen-bond acceptors (Lipinski definition) is 7. The smallest absolute Gasteiger partial charge is 0.410 e. The molecule has 2 unspecified atom stereocenters. The predicted molar refractivity (Wildman–Crippen MR) is 120 cm³/mol. The Morgan fingerprint density at radius 1 is 1.28 bits per heavy atom. The van der Waals surface area contributed by atoms with Crippen molar-refractivity contribution in [3.63, 3.8) is 0 Å². The summed E-state index contributed by atoms with van der Waals surface area (Å²) in [6.07, 6.45) is 3.10. The van der Waals surface area contributed by atoms with Crippen LogP contribution >= 0.6 is 11.6 Å². The molecule has 2 aromatic rings. The fourth-order valence-corrected chi connectivity index (χ4v) is 4.64. The summed E-state index contributed by atoms with van der Waals surface area (Å²) < 4.78 is 11.8. The lowest BCUT2D eigenvalue weighted by Crippen LogP contribution is -2.50. The van der Waals surface area contributed by atoms with Crippen molar-refractivity contribution in [1.82, 2.24) is 14.9 Å². The Kier molecular flexibility index (Phi) is 6.38. The quantitative estimate of drug-likeness (QED) is 0.697. The van der Waals surface area contributed by atoms with E-state index in [2.05, 4.69) is 21.4 Å². The van der Waals surface area contributed by atoms with E-state index in [-0.39, 0.29) is 30.1 Å². The van der Waals surface area contributed by atoms with E-state index < -0.39 is 0 Å². The Balaban J connectivity index is 1.47. The molecule has 2 heterocycles. The largest absolute Gasteiger partial charge is 0.473 e. The molecule has 168 valence electrons. The summed E-state index contributed by atoms with van der Waals surface area (Å²) in [6.45, 7) is 6.87. The molecule has 1 saturated heterocycles. The van der Waals surface area contributed by atoms with Crippen LogP contribution in [-0.4, -0.2) is 46.3 Å². The highest BCUT2D eigenvalue weighted by molar-refractivity contribution is 6.33. The lowest BCUT2D eigenvalue weighted by Gasteiger charge is -2.37. The van der Waals surface area contributed by atoms with Gasteiger partial charge in [0.2, 0.25) is 5.88 Å². The van der Waals surface area contributed by atoms with Crippen molar-refractivity contribution in [2.45, 2.75) is 45.8 Å². The molecule has 2 aliphatic rings. The molecule has 2 atom stereocenters. The number of hydrogen-bond donors (Lipinski definition) is 1. The van der Waals surface area contributed by atoms with Crippen LogP contribution in [0.2, 0.25) is 5.02 Å². The highest BCUT2D eigenvalue weighted by Crippen LogP contribution is 2.40. The third-order valence-corrected chi connectivity index (χ3v) is 6.29. The average Bonchev–Trinajstić information content (AvgIpc) is 2.98. The molecule has 2 fully saturated rings. The highest BCUT2D eigenvalue weighted by atomic mass is 35.5. The van der Waals surface area contributed by atoms with E-state index in [4.69, 9.17) is 26.3 Å². The normalized spacial score (nSPS) is 21.9. The van der Waals surface area contributed by atoms with Crippen molar-refractivity contribution in [2.24, 2.45) is 11.8 Å². The third-order valence-electron chi connectivity index (χ3n) is 5.98. The maximum absolute atomic E-state index is 12.3. The number of carbonyl (C=O) groups excluding carboxylic acids is 1. The summed E-state index contributed by atoms with van der Waals surface area (Å²) in [6, 6.07) is 7.11. The Morgan fingerprint density at radius 2 is 2.00 bits per heavy atom. The second kappa shape index (κ2) is 9.21. The minimum absolute atomic E-state index is 0.00181. The van der Waals surface area contributed by atoms with Crippen LogP contribution in [0.15, 0.2) is 24.5 Å². The van der Waals surface area contributed by atoms with Crippen LogP contribution in [-0.2, 0) is 4.74 Å².